The summed E-state index contributed by atoms with van der Waals surface area (Å²) in [7, 11) is 0. The Labute approximate surface area is 160 Å². The van der Waals surface area contributed by atoms with Crippen molar-refractivity contribution < 1.29 is 4.52 Å². The molecule has 0 aliphatic heterocycles. The van der Waals surface area contributed by atoms with Gasteiger partial charge < -0.3 is 10.3 Å². The lowest BCUT2D eigenvalue weighted by atomic mass is 9.77. The first-order valence-corrected chi connectivity index (χ1v) is 9.82. The summed E-state index contributed by atoms with van der Waals surface area (Å²) in [4.78, 5) is 15.6. The van der Waals surface area contributed by atoms with E-state index in [9.17, 15) is 0 Å². The fourth-order valence-electron chi connectivity index (χ4n) is 2.83. The van der Waals surface area contributed by atoms with Crippen molar-refractivity contribution in [1.82, 2.24) is 20.1 Å². The van der Waals surface area contributed by atoms with Gasteiger partial charge >= 0.3 is 0 Å². The van der Waals surface area contributed by atoms with Crippen LogP contribution in [0.4, 0.5) is 0 Å². The van der Waals surface area contributed by atoms with Crippen molar-refractivity contribution in [2.24, 2.45) is 5.73 Å². The molecule has 1 fully saturated rings. The van der Waals surface area contributed by atoms with Gasteiger partial charge in [0.1, 0.15) is 16.2 Å². The van der Waals surface area contributed by atoms with E-state index in [1.807, 2.05) is 0 Å². The Morgan fingerprint density at radius 1 is 1.32 bits per heavy atom. The minimum absolute atomic E-state index is 0. The molecule has 25 heavy (non-hydrogen) atoms. The van der Waals surface area contributed by atoms with Gasteiger partial charge in [-0.1, -0.05) is 5.16 Å². The molecule has 0 amide bonds. The third-order valence-electron chi connectivity index (χ3n) is 4.64. The molecule has 2 N–H and O–H groups in total. The zero-order valence-electron chi connectivity index (χ0n) is 14.1. The zero-order valence-corrected chi connectivity index (χ0v) is 16.6. The van der Waals surface area contributed by atoms with Crippen LogP contribution < -0.4 is 5.73 Å². The molecule has 0 radical (unpaired) electrons. The molecule has 6 nitrogen and oxygen atoms in total. The highest BCUT2D eigenvalue weighted by Gasteiger charge is 2.38. The average Bonchev–Trinajstić information content (AvgIpc) is 3.11. The summed E-state index contributed by atoms with van der Waals surface area (Å²) >= 11 is 3.42. The molecule has 9 heteroatoms. The number of aromatic nitrogens is 4. The van der Waals surface area contributed by atoms with Gasteiger partial charge in [0.05, 0.1) is 5.54 Å². The number of halogens is 1. The molecule has 3 aromatic rings. The Kier molecular flexibility index (Phi) is 5.34. The second-order valence-corrected chi connectivity index (χ2v) is 8.55. The van der Waals surface area contributed by atoms with Crippen LogP contribution in [0.15, 0.2) is 15.9 Å². The van der Waals surface area contributed by atoms with Gasteiger partial charge in [-0.25, -0.2) is 9.97 Å². The van der Waals surface area contributed by atoms with Crippen LogP contribution in [0.2, 0.25) is 0 Å². The van der Waals surface area contributed by atoms with Crippen LogP contribution in [0.5, 0.6) is 0 Å². The maximum absolute atomic E-state index is 6.23. The van der Waals surface area contributed by atoms with Gasteiger partial charge in [-0.2, -0.15) is 4.98 Å². The van der Waals surface area contributed by atoms with Gasteiger partial charge in [0.25, 0.3) is 0 Å². The van der Waals surface area contributed by atoms with Gasteiger partial charge in [-0.15, -0.1) is 35.5 Å². The number of thioether (sulfide) groups is 1. The van der Waals surface area contributed by atoms with Crippen LogP contribution >= 0.6 is 35.5 Å². The van der Waals surface area contributed by atoms with Crippen LogP contribution in [-0.4, -0.2) is 25.9 Å². The molecule has 0 bridgehead atoms. The fourth-order valence-corrected chi connectivity index (χ4v) is 4.88. The first-order valence-electron chi connectivity index (χ1n) is 8.02. The lowest BCUT2D eigenvalue weighted by Crippen LogP contribution is -2.44. The Hall–Kier alpha value is -1.22. The molecule has 0 unspecified atom stereocenters. The van der Waals surface area contributed by atoms with Crippen molar-refractivity contribution in [3.05, 3.63) is 28.5 Å². The molecular formula is C16H20ClN5OS2. The lowest BCUT2D eigenvalue weighted by Gasteiger charge is -2.34. The molecule has 0 atom stereocenters. The Morgan fingerprint density at radius 3 is 2.84 bits per heavy atom. The number of rotatable bonds is 5. The van der Waals surface area contributed by atoms with Gasteiger partial charge in [0.2, 0.25) is 5.89 Å². The maximum atomic E-state index is 6.23. The fraction of sp³-hybridized carbons (Fsp3) is 0.500. The first kappa shape index (κ1) is 18.6. The van der Waals surface area contributed by atoms with Crippen LogP contribution in [0.3, 0.4) is 0 Å². The third kappa shape index (κ3) is 3.40. The molecule has 1 aliphatic rings. The highest BCUT2D eigenvalue weighted by atomic mass is 35.5. The van der Waals surface area contributed by atoms with E-state index in [0.717, 1.165) is 34.9 Å². The standard InChI is InChI=1S/C16H19N5OS2.ClH/c1-9-10(2)24-14-12(9)13(18-8-19-14)23-7-4-11-20-15(21-22-11)16(17)5-3-6-16;/h8H,3-7,17H2,1-2H3;1H. The molecule has 134 valence electrons. The molecule has 0 aromatic carbocycles. The average molecular weight is 398 g/mol. The summed E-state index contributed by atoms with van der Waals surface area (Å²) in [5, 5.41) is 6.26. The van der Waals surface area contributed by atoms with Crippen molar-refractivity contribution in [2.45, 2.75) is 50.1 Å². The van der Waals surface area contributed by atoms with Gasteiger partial charge in [0, 0.05) is 22.4 Å². The number of thiophene rings is 1. The van der Waals surface area contributed by atoms with Crippen LogP contribution in [-0.2, 0) is 12.0 Å². The summed E-state index contributed by atoms with van der Waals surface area (Å²) in [6.45, 7) is 4.25. The molecule has 3 aromatic heterocycles. The number of fused-ring (bicyclic) bond motifs is 1. The van der Waals surface area contributed by atoms with E-state index in [2.05, 4.69) is 34.0 Å². The van der Waals surface area contributed by atoms with Crippen molar-refractivity contribution in [3.63, 3.8) is 0 Å². The Morgan fingerprint density at radius 2 is 2.12 bits per heavy atom. The third-order valence-corrected chi connectivity index (χ3v) is 6.75. The molecule has 1 aliphatic carbocycles. The number of hydrogen-bond donors (Lipinski definition) is 1. The monoisotopic (exact) mass is 397 g/mol. The molecular weight excluding hydrogens is 378 g/mol. The van der Waals surface area contributed by atoms with Crippen LogP contribution in [0.25, 0.3) is 10.2 Å². The highest BCUT2D eigenvalue weighted by molar-refractivity contribution is 7.99. The summed E-state index contributed by atoms with van der Waals surface area (Å²) in [6.07, 6.45) is 5.37. The largest absolute Gasteiger partial charge is 0.339 e. The first-order chi connectivity index (χ1) is 11.6. The number of aryl methyl sites for hydroxylation is 3. The molecule has 3 heterocycles. The van der Waals surface area contributed by atoms with Crippen molar-refractivity contribution in [3.8, 4) is 0 Å². The maximum Gasteiger partial charge on any atom is 0.227 e. The van der Waals surface area contributed by atoms with E-state index in [1.54, 1.807) is 29.4 Å². The normalized spacial score (nSPS) is 15.8. The minimum atomic E-state index is -0.362. The van der Waals surface area contributed by atoms with Gasteiger partial charge in [0.15, 0.2) is 5.82 Å². The molecule has 1 saturated carbocycles. The Bertz CT molecular complexity index is 890. The Balaban J connectivity index is 0.00000182. The predicted molar refractivity (Wildman–Crippen MR) is 103 cm³/mol. The van der Waals surface area contributed by atoms with Crippen LogP contribution in [0.1, 0.15) is 41.4 Å². The second kappa shape index (κ2) is 7.19. The molecule has 0 spiro atoms. The zero-order chi connectivity index (χ0) is 16.7. The minimum Gasteiger partial charge on any atom is -0.339 e. The number of hydrogen-bond acceptors (Lipinski definition) is 8. The summed E-state index contributed by atoms with van der Waals surface area (Å²) in [5.74, 6) is 2.14. The van der Waals surface area contributed by atoms with Crippen molar-refractivity contribution >= 4 is 45.7 Å². The number of nitrogens with zero attached hydrogens (tertiary/aromatic N) is 4. The summed E-state index contributed by atoms with van der Waals surface area (Å²) < 4.78 is 5.35. The predicted octanol–water partition coefficient (Wildman–Crippen LogP) is 3.79. The van der Waals surface area contributed by atoms with Crippen molar-refractivity contribution in [2.75, 3.05) is 5.75 Å². The SMILES string of the molecule is Cc1sc2ncnc(SCCc3nc(C4(N)CCC4)no3)c2c1C.Cl. The summed E-state index contributed by atoms with van der Waals surface area (Å²) in [6, 6.07) is 0. The van der Waals surface area contributed by atoms with E-state index in [-0.39, 0.29) is 17.9 Å². The lowest BCUT2D eigenvalue weighted by molar-refractivity contribution is 0.229. The quantitative estimate of drug-likeness (QED) is 0.517. The van der Waals surface area contributed by atoms with E-state index in [1.165, 1.54) is 15.8 Å². The highest BCUT2D eigenvalue weighted by Crippen LogP contribution is 2.37. The van der Waals surface area contributed by atoms with E-state index >= 15 is 0 Å². The van der Waals surface area contributed by atoms with Crippen molar-refractivity contribution in [1.29, 1.82) is 0 Å². The van der Waals surface area contributed by atoms with E-state index < -0.39 is 0 Å². The topological polar surface area (TPSA) is 90.7 Å². The van der Waals surface area contributed by atoms with Crippen LogP contribution in [0, 0.1) is 13.8 Å². The second-order valence-electron chi connectivity index (χ2n) is 6.26. The summed E-state index contributed by atoms with van der Waals surface area (Å²) in [5.41, 5.74) is 7.14. The van der Waals surface area contributed by atoms with Gasteiger partial charge in [-0.3, -0.25) is 0 Å². The number of nitrogens with two attached hydrogens (primary N) is 1. The van der Waals surface area contributed by atoms with Gasteiger partial charge in [-0.05, 0) is 38.7 Å². The smallest absolute Gasteiger partial charge is 0.227 e. The molecule has 0 saturated heterocycles. The van der Waals surface area contributed by atoms with E-state index in [0.29, 0.717) is 18.1 Å². The molecule has 4 rings (SSSR count). The van der Waals surface area contributed by atoms with E-state index in [4.69, 9.17) is 10.3 Å².